The molecule has 0 amide bonds. The lowest BCUT2D eigenvalue weighted by molar-refractivity contribution is 0.0887. The van der Waals surface area contributed by atoms with Gasteiger partial charge in [-0.15, -0.1) is 0 Å². The average molecular weight is 432 g/mol. The summed E-state index contributed by atoms with van der Waals surface area (Å²) in [6.07, 6.45) is 2.83. The van der Waals surface area contributed by atoms with E-state index in [0.29, 0.717) is 0 Å². The lowest BCUT2D eigenvalue weighted by atomic mass is 9.86. The Bertz CT molecular complexity index is 246. The second kappa shape index (κ2) is 22.1. The van der Waals surface area contributed by atoms with E-state index in [2.05, 4.69) is 70.1 Å². The minimum atomic E-state index is 0. The quantitative estimate of drug-likeness (QED) is 0.456. The summed E-state index contributed by atoms with van der Waals surface area (Å²) < 4.78 is 0. The van der Waals surface area contributed by atoms with Gasteiger partial charge in [0.25, 0.3) is 0 Å². The molecule has 0 aromatic carbocycles. The highest BCUT2D eigenvalue weighted by atomic mass is 15.3. The summed E-state index contributed by atoms with van der Waals surface area (Å²) in [6, 6.07) is 2.19. The van der Waals surface area contributed by atoms with Crippen LogP contribution in [0.4, 0.5) is 0 Å². The van der Waals surface area contributed by atoms with Crippen LogP contribution in [0.25, 0.3) is 0 Å². The van der Waals surface area contributed by atoms with Crippen LogP contribution in [0.1, 0.15) is 111 Å². The van der Waals surface area contributed by atoms with Crippen LogP contribution >= 0.6 is 0 Å². The third-order valence-electron chi connectivity index (χ3n) is 6.06. The SMILES string of the molecule is C.C.CC.CC.CC(C)C1CCN(C(C)C)CC1.CC(C)N1CCN(C(C)C)CC1. The Labute approximate surface area is 195 Å². The van der Waals surface area contributed by atoms with E-state index in [-0.39, 0.29) is 14.9 Å². The molecule has 0 unspecified atom stereocenters. The van der Waals surface area contributed by atoms with Crippen LogP contribution in [0.5, 0.6) is 0 Å². The van der Waals surface area contributed by atoms with E-state index in [1.54, 1.807) is 0 Å². The minimum Gasteiger partial charge on any atom is -0.301 e. The Kier molecular flexibility index (Phi) is 27.4. The molecule has 188 valence electrons. The first-order valence-electron chi connectivity index (χ1n) is 12.4. The average Bonchev–Trinajstić information content (AvgIpc) is 2.71. The van der Waals surface area contributed by atoms with Gasteiger partial charge in [0, 0.05) is 44.3 Å². The lowest BCUT2D eigenvalue weighted by Crippen LogP contribution is -2.50. The summed E-state index contributed by atoms with van der Waals surface area (Å²) >= 11 is 0. The number of rotatable bonds is 4. The van der Waals surface area contributed by atoms with Crippen molar-refractivity contribution < 1.29 is 0 Å². The fourth-order valence-corrected chi connectivity index (χ4v) is 3.87. The minimum absolute atomic E-state index is 0. The molecular formula is C27H65N3. The zero-order valence-corrected chi connectivity index (χ0v) is 21.9. The molecule has 0 aromatic rings. The zero-order valence-electron chi connectivity index (χ0n) is 21.9. The third kappa shape index (κ3) is 15.6. The number of piperazine rings is 1. The molecule has 3 heteroatoms. The van der Waals surface area contributed by atoms with Crippen LogP contribution < -0.4 is 0 Å². The maximum absolute atomic E-state index is 2.60. The zero-order chi connectivity index (χ0) is 22.3. The van der Waals surface area contributed by atoms with Gasteiger partial charge in [-0.25, -0.2) is 0 Å². The van der Waals surface area contributed by atoms with Crippen molar-refractivity contribution in [2.24, 2.45) is 11.8 Å². The Hall–Kier alpha value is -0.120. The molecule has 2 heterocycles. The highest BCUT2D eigenvalue weighted by Crippen LogP contribution is 2.25. The molecule has 0 radical (unpaired) electrons. The molecule has 2 fully saturated rings. The molecule has 2 saturated heterocycles. The monoisotopic (exact) mass is 432 g/mol. The topological polar surface area (TPSA) is 9.72 Å². The molecule has 3 nitrogen and oxygen atoms in total. The summed E-state index contributed by atoms with van der Waals surface area (Å²) in [5, 5.41) is 0. The highest BCUT2D eigenvalue weighted by Gasteiger charge is 2.22. The first kappa shape index (κ1) is 37.2. The molecule has 2 aliphatic rings. The molecule has 0 spiro atoms. The van der Waals surface area contributed by atoms with Crippen molar-refractivity contribution in [1.29, 1.82) is 0 Å². The Balaban J connectivity index is -0.000000183. The largest absolute Gasteiger partial charge is 0.301 e. The Morgan fingerprint density at radius 1 is 0.467 bits per heavy atom. The van der Waals surface area contributed by atoms with Gasteiger partial charge in [0.1, 0.15) is 0 Å². The first-order chi connectivity index (χ1) is 13.2. The van der Waals surface area contributed by atoms with Gasteiger partial charge in [-0.05, 0) is 79.3 Å². The van der Waals surface area contributed by atoms with Crippen molar-refractivity contribution in [3.05, 3.63) is 0 Å². The Morgan fingerprint density at radius 2 is 0.700 bits per heavy atom. The van der Waals surface area contributed by atoms with Crippen LogP contribution in [-0.4, -0.2) is 72.1 Å². The van der Waals surface area contributed by atoms with Crippen molar-refractivity contribution in [2.75, 3.05) is 39.3 Å². The second-order valence-electron chi connectivity index (χ2n) is 8.97. The lowest BCUT2D eigenvalue weighted by Gasteiger charge is -2.38. The fourth-order valence-electron chi connectivity index (χ4n) is 3.87. The molecule has 0 N–H and O–H groups in total. The van der Waals surface area contributed by atoms with Crippen molar-refractivity contribution in [1.82, 2.24) is 14.7 Å². The molecule has 2 rings (SSSR count). The molecular weight excluding hydrogens is 366 g/mol. The van der Waals surface area contributed by atoms with E-state index in [9.17, 15) is 0 Å². The predicted octanol–water partition coefficient (Wildman–Crippen LogP) is 7.51. The maximum atomic E-state index is 2.60. The number of likely N-dealkylation sites (tertiary alicyclic amines) is 1. The number of hydrogen-bond donors (Lipinski definition) is 0. The maximum Gasteiger partial charge on any atom is 0.0113 e. The van der Waals surface area contributed by atoms with Crippen LogP contribution in [0, 0.1) is 11.8 Å². The number of nitrogens with zero attached hydrogens (tertiary/aromatic N) is 3. The van der Waals surface area contributed by atoms with Crippen molar-refractivity contribution in [2.45, 2.75) is 129 Å². The molecule has 0 aliphatic carbocycles. The summed E-state index contributed by atoms with van der Waals surface area (Å²) in [6.45, 7) is 34.1. The van der Waals surface area contributed by atoms with Crippen molar-refractivity contribution in [3.8, 4) is 0 Å². The summed E-state index contributed by atoms with van der Waals surface area (Å²) in [7, 11) is 0. The number of piperidine rings is 1. The summed E-state index contributed by atoms with van der Waals surface area (Å²) in [5.74, 6) is 1.87. The van der Waals surface area contributed by atoms with E-state index < -0.39 is 0 Å². The molecule has 30 heavy (non-hydrogen) atoms. The smallest absolute Gasteiger partial charge is 0.0113 e. The van der Waals surface area contributed by atoms with Gasteiger partial charge in [0.15, 0.2) is 0 Å². The van der Waals surface area contributed by atoms with Crippen LogP contribution in [-0.2, 0) is 0 Å². The van der Waals surface area contributed by atoms with Crippen molar-refractivity contribution >= 4 is 0 Å². The van der Waals surface area contributed by atoms with E-state index in [1.165, 1.54) is 52.1 Å². The summed E-state index contributed by atoms with van der Waals surface area (Å²) in [4.78, 5) is 7.70. The Morgan fingerprint density at radius 3 is 0.900 bits per heavy atom. The molecule has 2 aliphatic heterocycles. The van der Waals surface area contributed by atoms with E-state index >= 15 is 0 Å². The van der Waals surface area contributed by atoms with E-state index in [1.807, 2.05) is 27.7 Å². The molecule has 0 atom stereocenters. The van der Waals surface area contributed by atoms with E-state index in [4.69, 9.17) is 0 Å². The summed E-state index contributed by atoms with van der Waals surface area (Å²) in [5.41, 5.74) is 0. The van der Waals surface area contributed by atoms with Crippen molar-refractivity contribution in [3.63, 3.8) is 0 Å². The van der Waals surface area contributed by atoms with E-state index in [0.717, 1.165) is 30.0 Å². The van der Waals surface area contributed by atoms with Gasteiger partial charge in [-0.1, -0.05) is 56.4 Å². The molecule has 0 aromatic heterocycles. The normalized spacial score (nSPS) is 18.4. The fraction of sp³-hybridized carbons (Fsp3) is 1.00. The van der Waals surface area contributed by atoms with Gasteiger partial charge in [0.2, 0.25) is 0 Å². The van der Waals surface area contributed by atoms with Gasteiger partial charge in [-0.3, -0.25) is 9.80 Å². The van der Waals surface area contributed by atoms with Crippen LogP contribution in [0.3, 0.4) is 0 Å². The first-order valence-corrected chi connectivity index (χ1v) is 12.4. The molecule has 0 saturated carbocycles. The second-order valence-corrected chi connectivity index (χ2v) is 8.97. The van der Waals surface area contributed by atoms with Crippen LogP contribution in [0.2, 0.25) is 0 Å². The number of hydrogen-bond acceptors (Lipinski definition) is 3. The van der Waals surface area contributed by atoms with Gasteiger partial charge >= 0.3 is 0 Å². The van der Waals surface area contributed by atoms with Gasteiger partial charge < -0.3 is 4.90 Å². The van der Waals surface area contributed by atoms with Gasteiger partial charge in [-0.2, -0.15) is 0 Å². The van der Waals surface area contributed by atoms with Gasteiger partial charge in [0.05, 0.1) is 0 Å². The predicted molar refractivity (Wildman–Crippen MR) is 144 cm³/mol. The van der Waals surface area contributed by atoms with Crippen LogP contribution in [0.15, 0.2) is 0 Å². The molecule has 0 bridgehead atoms. The third-order valence-corrected chi connectivity index (χ3v) is 6.06. The highest BCUT2D eigenvalue weighted by molar-refractivity contribution is 4.76. The standard InChI is InChI=1S/C11H23N.C10H22N2.2C2H6.2CH4/c2*1-9(2)11-5-7-12(8-6-11)10(3)4;2*1-2;;/h9-11H,5-8H2,1-4H3;9-10H,5-8H2,1-4H3;2*1-2H3;2*1H4.